The number of aromatic nitrogens is 4. The highest BCUT2D eigenvalue weighted by atomic mass is 31.3. The van der Waals surface area contributed by atoms with E-state index in [-0.39, 0.29) is 29.0 Å². The fourth-order valence-corrected chi connectivity index (χ4v) is 7.09. The van der Waals surface area contributed by atoms with Crippen LogP contribution < -0.4 is 11.5 Å². The van der Waals surface area contributed by atoms with Crippen molar-refractivity contribution < 1.29 is 76.7 Å². The van der Waals surface area contributed by atoms with Gasteiger partial charge < -0.3 is 56.1 Å². The number of ether oxygens (including phenoxy) is 2. The summed E-state index contributed by atoms with van der Waals surface area (Å²) in [5, 5.41) is 42.4. The van der Waals surface area contributed by atoms with Crippen molar-refractivity contribution in [2.45, 2.75) is 54.9 Å². The number of amides is 1. The fraction of sp³-hybridized carbons (Fsp3) is 0.524. The molecular weight excluding hydrogens is 668 g/mol. The van der Waals surface area contributed by atoms with E-state index in [0.29, 0.717) is 0 Å². The van der Waals surface area contributed by atoms with Crippen molar-refractivity contribution in [3.63, 3.8) is 0 Å². The molecule has 3 fully saturated rings. The Morgan fingerprint density at radius 3 is 2.52 bits per heavy atom. The zero-order valence-corrected chi connectivity index (χ0v) is 24.8. The maximum absolute atomic E-state index is 12.6. The summed E-state index contributed by atoms with van der Waals surface area (Å²) < 4.78 is 51.0. The van der Waals surface area contributed by atoms with Gasteiger partial charge in [-0.25, -0.2) is 24.1 Å². The van der Waals surface area contributed by atoms with Crippen molar-refractivity contribution in [3.8, 4) is 0 Å². The Bertz CT molecular complexity index is 1690. The van der Waals surface area contributed by atoms with Crippen molar-refractivity contribution in [2.75, 3.05) is 18.9 Å². The predicted octanol–water partition coefficient (Wildman–Crippen LogP) is -3.07. The number of primary amides is 1. The number of carbonyl (C=O) groups excluding carboxylic acids is 1. The van der Waals surface area contributed by atoms with Crippen LogP contribution in [-0.2, 0) is 46.5 Å². The number of rotatable bonds is 11. The predicted molar refractivity (Wildman–Crippen MR) is 142 cm³/mol. The minimum Gasteiger partial charge on any atom is -0.387 e. The minimum absolute atomic E-state index is 0.00223. The van der Waals surface area contributed by atoms with Gasteiger partial charge in [-0.1, -0.05) is 6.08 Å². The quantitative estimate of drug-likeness (QED) is 0.0853. The molecule has 0 aromatic carbocycles. The molecule has 0 bridgehead atoms. The molecule has 0 aliphatic carbocycles. The number of anilines is 1. The number of fused-ring (bicyclic) bond motifs is 2. The number of nitrogens with zero attached hydrogens (tertiary/aromatic N) is 5. The lowest BCUT2D eigenvalue weighted by atomic mass is 10.0. The van der Waals surface area contributed by atoms with Gasteiger partial charge in [-0.15, -0.1) is 0 Å². The number of nitrogen functional groups attached to an aromatic ring is 1. The molecule has 46 heavy (non-hydrogen) atoms. The summed E-state index contributed by atoms with van der Waals surface area (Å²) in [6, 6.07) is 0. The van der Waals surface area contributed by atoms with Gasteiger partial charge in [0.2, 0.25) is 5.91 Å². The Balaban J connectivity index is 1.07. The van der Waals surface area contributed by atoms with Crippen LogP contribution in [0.25, 0.3) is 11.2 Å². The lowest BCUT2D eigenvalue weighted by molar-refractivity contribution is -0.644. The number of hydrogen-bond donors (Lipinski definition) is 8. The van der Waals surface area contributed by atoms with E-state index in [0.717, 1.165) is 17.2 Å². The number of phosphoric ester groups is 2. The first-order valence-electron chi connectivity index (χ1n) is 13.1. The number of aliphatic hydroxyl groups excluding tert-OH is 3. The van der Waals surface area contributed by atoms with Gasteiger partial charge in [-0.3, -0.25) is 18.4 Å². The second kappa shape index (κ2) is 11.6. The van der Waals surface area contributed by atoms with Crippen LogP contribution in [0.4, 0.5) is 5.82 Å². The normalized spacial score (nSPS) is 36.6. The third-order valence-electron chi connectivity index (χ3n) is 7.39. The highest BCUT2D eigenvalue weighted by molar-refractivity contribution is 7.61. The van der Waals surface area contributed by atoms with E-state index < -0.39 is 83.2 Å². The Morgan fingerprint density at radius 1 is 1.09 bits per heavy atom. The number of carbonyl (C=O) groups is 1. The number of nitrogens with two attached hydrogens (primary N) is 2. The van der Waals surface area contributed by atoms with Crippen LogP contribution >= 0.6 is 15.6 Å². The molecule has 23 nitrogen and oxygen atoms in total. The van der Waals surface area contributed by atoms with Crippen LogP contribution in [0.15, 0.2) is 36.7 Å². The first kappa shape index (κ1) is 33.0. The van der Waals surface area contributed by atoms with Gasteiger partial charge in [-0.05, 0) is 6.42 Å². The SMILES string of the molecule is NC(=O)C1=CN([C@@H]2O[C@H](COP(=O)(O)OP(=O)(O)OC[C@@]34OO[C@@]3(O)[C@H](O)[C@H](n3cnc5c(N)ncnc53)O4)[C@@H](O)[C@H]2O)C=CC1. The number of phosphoric acid groups is 2. The first-order valence-corrected chi connectivity index (χ1v) is 16.1. The van der Waals surface area contributed by atoms with Gasteiger partial charge >= 0.3 is 15.6 Å². The largest absolute Gasteiger partial charge is 0.481 e. The van der Waals surface area contributed by atoms with E-state index in [2.05, 4.69) is 24.2 Å². The van der Waals surface area contributed by atoms with Gasteiger partial charge in [-0.2, -0.15) is 14.1 Å². The Labute approximate surface area is 256 Å². The Hall–Kier alpha value is -2.96. The Morgan fingerprint density at radius 2 is 1.83 bits per heavy atom. The molecule has 2 aromatic heterocycles. The topological polar surface area (TPSA) is 336 Å². The summed E-state index contributed by atoms with van der Waals surface area (Å²) in [4.78, 5) is 54.3. The molecule has 2 aromatic rings. The summed E-state index contributed by atoms with van der Waals surface area (Å²) in [7, 11) is -11.0. The summed E-state index contributed by atoms with van der Waals surface area (Å²) in [5.74, 6) is -5.87. The molecule has 252 valence electrons. The lowest BCUT2D eigenvalue weighted by Gasteiger charge is -2.46. The average Bonchev–Trinajstić information content (AvgIpc) is 3.59. The molecule has 2 unspecified atom stereocenters. The summed E-state index contributed by atoms with van der Waals surface area (Å²) >= 11 is 0. The molecule has 0 radical (unpaired) electrons. The molecule has 0 spiro atoms. The molecular formula is C21H27N7O16P2. The van der Waals surface area contributed by atoms with Gasteiger partial charge in [0.05, 0.1) is 12.9 Å². The fourth-order valence-electron chi connectivity index (χ4n) is 5.00. The molecule has 4 aliphatic rings. The summed E-state index contributed by atoms with van der Waals surface area (Å²) in [5.41, 5.74) is 11.4. The highest BCUT2D eigenvalue weighted by Gasteiger charge is 2.78. The van der Waals surface area contributed by atoms with E-state index in [1.807, 2.05) is 0 Å². The highest BCUT2D eigenvalue weighted by Crippen LogP contribution is 2.62. The minimum atomic E-state index is -5.54. The van der Waals surface area contributed by atoms with E-state index >= 15 is 0 Å². The third kappa shape index (κ3) is 5.64. The van der Waals surface area contributed by atoms with Crippen LogP contribution in [0.2, 0.25) is 0 Å². The van der Waals surface area contributed by atoms with E-state index in [4.69, 9.17) is 34.9 Å². The first-order chi connectivity index (χ1) is 21.6. The second-order valence-corrected chi connectivity index (χ2v) is 13.4. The molecule has 0 saturated carbocycles. The van der Waals surface area contributed by atoms with Crippen LogP contribution in [0.3, 0.4) is 0 Å². The van der Waals surface area contributed by atoms with Crippen molar-refractivity contribution in [3.05, 3.63) is 36.7 Å². The number of hydrogen-bond acceptors (Lipinski definition) is 19. The standard InChI is InChI=1S/C21H27N7O16P2/c22-15-11-17(25-7-24-15)28(8-26-11)19-14(31)21(33)20(41-19,42-43-21)6-39-46(36,37)44-45(34,35)38-5-10-12(29)13(30)18(40-10)27-3-1-2-9(4-27)16(23)32/h1,3-4,7-8,10,12-14,18-19,29-31,33H,2,5-6H2,(H2,23,32)(H,34,35)(H,36,37)(H2,22,24,25)/t10-,12-,13-,14-,18-,19-,20-,21+/m1/s1. The molecule has 6 rings (SSSR count). The van der Waals surface area contributed by atoms with Gasteiger partial charge in [0.25, 0.3) is 11.6 Å². The zero-order valence-electron chi connectivity index (χ0n) is 23.0. The summed E-state index contributed by atoms with van der Waals surface area (Å²) in [6.07, 6.45) is -2.69. The van der Waals surface area contributed by atoms with Crippen molar-refractivity contribution in [1.82, 2.24) is 24.4 Å². The maximum atomic E-state index is 12.6. The van der Waals surface area contributed by atoms with Crippen LogP contribution in [0.1, 0.15) is 12.6 Å². The molecule has 1 amide bonds. The average molecular weight is 695 g/mol. The van der Waals surface area contributed by atoms with Crippen LogP contribution in [-0.4, -0.2) is 116 Å². The van der Waals surface area contributed by atoms with Gasteiger partial charge in [0.1, 0.15) is 36.8 Å². The van der Waals surface area contributed by atoms with Crippen molar-refractivity contribution >= 4 is 38.5 Å². The molecule has 10 N–H and O–H groups in total. The monoisotopic (exact) mass is 695 g/mol. The van der Waals surface area contributed by atoms with Gasteiger partial charge in [0.15, 0.2) is 30.0 Å². The number of imidazole rings is 1. The Kier molecular flexibility index (Phi) is 8.33. The van der Waals surface area contributed by atoms with Gasteiger partial charge in [0, 0.05) is 18.0 Å². The van der Waals surface area contributed by atoms with Crippen molar-refractivity contribution in [1.29, 1.82) is 0 Å². The lowest BCUT2D eigenvalue weighted by Crippen LogP contribution is -2.70. The number of aliphatic hydroxyl groups is 4. The smallest absolute Gasteiger partial charge is 0.387 e. The third-order valence-corrected chi connectivity index (χ3v) is 9.97. The molecule has 6 heterocycles. The second-order valence-electron chi connectivity index (χ2n) is 10.3. The molecule has 4 aliphatic heterocycles. The number of allylic oxidation sites excluding steroid dienone is 1. The van der Waals surface area contributed by atoms with E-state index in [1.165, 1.54) is 17.3 Å². The zero-order chi connectivity index (χ0) is 33.2. The molecule has 3 saturated heterocycles. The van der Waals surface area contributed by atoms with Crippen LogP contribution in [0, 0.1) is 0 Å². The van der Waals surface area contributed by atoms with Crippen LogP contribution in [0.5, 0.6) is 0 Å². The van der Waals surface area contributed by atoms with E-state index in [9.17, 15) is 44.1 Å². The summed E-state index contributed by atoms with van der Waals surface area (Å²) in [6.45, 7) is -2.14. The molecule has 10 atom stereocenters. The maximum Gasteiger partial charge on any atom is 0.481 e. The van der Waals surface area contributed by atoms with Crippen molar-refractivity contribution in [2.24, 2.45) is 5.73 Å². The van der Waals surface area contributed by atoms with E-state index in [1.54, 1.807) is 6.08 Å². The molecule has 25 heteroatoms.